The zero-order chi connectivity index (χ0) is 25.0. The van der Waals surface area contributed by atoms with Gasteiger partial charge in [0.15, 0.2) is 0 Å². The fourth-order valence-corrected chi connectivity index (χ4v) is 4.28. The average Bonchev–Trinajstić information content (AvgIpc) is 3.81. The number of aromatic nitrogens is 1. The number of anilines is 2. The fraction of sp³-hybridized carbons (Fsp3) is 0.107. The van der Waals surface area contributed by atoms with Gasteiger partial charge in [-0.25, -0.2) is 4.98 Å². The van der Waals surface area contributed by atoms with E-state index in [1.165, 1.54) is 12.1 Å². The van der Waals surface area contributed by atoms with Crippen molar-refractivity contribution in [3.8, 4) is 33.6 Å². The number of benzene rings is 3. The Balaban J connectivity index is 1.33. The van der Waals surface area contributed by atoms with Crippen LogP contribution in [0.3, 0.4) is 0 Å². The first kappa shape index (κ1) is 22.0. The van der Waals surface area contributed by atoms with E-state index in [9.17, 15) is 22.8 Å². The molecule has 3 aromatic carbocycles. The number of hydrogen-bond donors (Lipinski definition) is 0. The number of pyridine rings is 1. The molecule has 0 aliphatic carbocycles. The van der Waals surface area contributed by atoms with E-state index >= 15 is 0 Å². The number of rotatable bonds is 5. The number of carbonyl (C=O) groups is 2. The minimum absolute atomic E-state index is 0.0297. The summed E-state index contributed by atoms with van der Waals surface area (Å²) in [5.41, 5.74) is 4.07. The van der Waals surface area contributed by atoms with Crippen molar-refractivity contribution in [2.75, 3.05) is 22.9 Å². The van der Waals surface area contributed by atoms with Crippen LogP contribution >= 0.6 is 0 Å². The van der Waals surface area contributed by atoms with Crippen molar-refractivity contribution in [1.82, 2.24) is 4.98 Å². The quantitative estimate of drug-likeness (QED) is 0.336. The Kier molecular flexibility index (Phi) is 4.93. The molecule has 0 saturated carbocycles. The lowest BCUT2D eigenvalue weighted by molar-refractivity contribution is -0.137. The van der Waals surface area contributed by atoms with Crippen molar-refractivity contribution < 1.29 is 22.8 Å². The fourth-order valence-electron chi connectivity index (χ4n) is 4.28. The van der Waals surface area contributed by atoms with Crippen molar-refractivity contribution in [2.45, 2.75) is 6.18 Å². The maximum Gasteiger partial charge on any atom is 0.417 e. The number of alkyl halides is 3. The highest BCUT2D eigenvalue weighted by Gasteiger charge is 2.36. The second kappa shape index (κ2) is 8.05. The number of amides is 2. The van der Waals surface area contributed by atoms with E-state index in [-0.39, 0.29) is 23.1 Å². The summed E-state index contributed by atoms with van der Waals surface area (Å²) < 4.78 is 40.5. The predicted octanol–water partition coefficient (Wildman–Crippen LogP) is 5.79. The Hall–Kier alpha value is -4.46. The molecule has 0 bridgehead atoms. The maximum atomic E-state index is 13.5. The molecule has 2 saturated heterocycles. The van der Waals surface area contributed by atoms with Crippen LogP contribution in [0.2, 0.25) is 0 Å². The second-order valence-corrected chi connectivity index (χ2v) is 8.73. The third kappa shape index (κ3) is 4.11. The van der Waals surface area contributed by atoms with Gasteiger partial charge in [-0.2, -0.15) is 13.2 Å². The van der Waals surface area contributed by atoms with Gasteiger partial charge in [0.1, 0.15) is 13.1 Å². The average molecular weight is 485 g/mol. The summed E-state index contributed by atoms with van der Waals surface area (Å²) >= 11 is 0. The molecule has 2 aliphatic heterocycles. The van der Waals surface area contributed by atoms with E-state index in [1.54, 1.807) is 34.1 Å². The minimum Gasteiger partial charge on any atom is -0.301 e. The van der Waals surface area contributed by atoms with Gasteiger partial charge in [-0.1, -0.05) is 48.5 Å². The lowest BCUT2D eigenvalue weighted by Gasteiger charge is -2.13. The molecule has 6 rings (SSSR count). The smallest absolute Gasteiger partial charge is 0.301 e. The lowest BCUT2D eigenvalue weighted by atomic mass is 10.00. The molecule has 2 amide bonds. The topological polar surface area (TPSA) is 53.0 Å². The van der Waals surface area contributed by atoms with Crippen LogP contribution in [0.25, 0.3) is 33.6 Å². The van der Waals surface area contributed by atoms with Gasteiger partial charge >= 0.3 is 6.18 Å². The lowest BCUT2D eigenvalue weighted by Crippen LogP contribution is -2.07. The predicted molar refractivity (Wildman–Crippen MR) is 130 cm³/mol. The van der Waals surface area contributed by atoms with E-state index in [0.717, 1.165) is 34.1 Å². The van der Waals surface area contributed by atoms with Crippen molar-refractivity contribution >= 4 is 23.2 Å². The SMILES string of the molecule is O=C1CN1c1cc(-c2ccc(-c3cccc(-c4ccccc4C(F)(F)F)n3)cc2)cc(N2CC2=O)c1. The van der Waals surface area contributed by atoms with Crippen LogP contribution in [-0.4, -0.2) is 29.9 Å². The third-order valence-corrected chi connectivity index (χ3v) is 6.28. The highest BCUT2D eigenvalue weighted by Crippen LogP contribution is 2.38. The van der Waals surface area contributed by atoms with Crippen LogP contribution in [0.5, 0.6) is 0 Å². The molecule has 3 heterocycles. The molecule has 36 heavy (non-hydrogen) atoms. The Morgan fingerprint density at radius 2 is 1.19 bits per heavy atom. The van der Waals surface area contributed by atoms with E-state index in [4.69, 9.17) is 0 Å². The number of hydrogen-bond acceptors (Lipinski definition) is 3. The molecule has 1 aromatic heterocycles. The summed E-state index contributed by atoms with van der Waals surface area (Å²) in [6.07, 6.45) is -4.48. The van der Waals surface area contributed by atoms with E-state index in [0.29, 0.717) is 18.8 Å². The summed E-state index contributed by atoms with van der Waals surface area (Å²) in [4.78, 5) is 31.2. The van der Waals surface area contributed by atoms with Crippen LogP contribution in [0.4, 0.5) is 24.5 Å². The zero-order valence-electron chi connectivity index (χ0n) is 18.8. The van der Waals surface area contributed by atoms with Gasteiger partial charge in [-0.15, -0.1) is 0 Å². The molecule has 5 nitrogen and oxygen atoms in total. The summed E-state index contributed by atoms with van der Waals surface area (Å²) in [5.74, 6) is 0.0623. The van der Waals surface area contributed by atoms with Crippen LogP contribution < -0.4 is 9.80 Å². The van der Waals surface area contributed by atoms with Gasteiger partial charge in [-0.3, -0.25) is 9.59 Å². The van der Waals surface area contributed by atoms with Crippen molar-refractivity contribution in [3.05, 3.63) is 90.5 Å². The summed E-state index contributed by atoms with van der Waals surface area (Å²) in [5, 5.41) is 0. The number of halogens is 3. The molecule has 4 aromatic rings. The Bertz CT molecular complexity index is 1490. The van der Waals surface area contributed by atoms with Gasteiger partial charge in [0.05, 0.1) is 17.0 Å². The minimum atomic E-state index is -4.48. The second-order valence-electron chi connectivity index (χ2n) is 8.73. The Morgan fingerprint density at radius 1 is 0.639 bits per heavy atom. The highest BCUT2D eigenvalue weighted by molar-refractivity contribution is 6.15. The highest BCUT2D eigenvalue weighted by atomic mass is 19.4. The van der Waals surface area contributed by atoms with Crippen LogP contribution in [0.1, 0.15) is 5.56 Å². The van der Waals surface area contributed by atoms with Crippen LogP contribution in [0.15, 0.2) is 84.9 Å². The molecule has 0 spiro atoms. The largest absolute Gasteiger partial charge is 0.417 e. The number of carbonyl (C=O) groups excluding carboxylic acids is 2. The van der Waals surface area contributed by atoms with Gasteiger partial charge < -0.3 is 9.80 Å². The molecule has 2 fully saturated rings. The van der Waals surface area contributed by atoms with E-state index in [2.05, 4.69) is 4.98 Å². The van der Waals surface area contributed by atoms with Gasteiger partial charge in [0.25, 0.3) is 0 Å². The molecule has 8 heteroatoms. The third-order valence-electron chi connectivity index (χ3n) is 6.28. The van der Waals surface area contributed by atoms with E-state index < -0.39 is 11.7 Å². The molecule has 0 unspecified atom stereocenters. The van der Waals surface area contributed by atoms with Gasteiger partial charge in [0, 0.05) is 22.5 Å². The van der Waals surface area contributed by atoms with E-state index in [1.807, 2.05) is 42.5 Å². The first-order valence-corrected chi connectivity index (χ1v) is 11.3. The number of nitrogens with zero attached hydrogens (tertiary/aromatic N) is 3. The molecule has 0 radical (unpaired) electrons. The van der Waals surface area contributed by atoms with Gasteiger partial charge in [-0.05, 0) is 47.5 Å². The summed E-state index contributed by atoms with van der Waals surface area (Å²) in [6, 6.07) is 23.6. The van der Waals surface area contributed by atoms with Crippen LogP contribution in [-0.2, 0) is 15.8 Å². The molecule has 178 valence electrons. The molecular weight excluding hydrogens is 467 g/mol. The van der Waals surface area contributed by atoms with Gasteiger partial charge in [0.2, 0.25) is 11.8 Å². The van der Waals surface area contributed by atoms with Crippen molar-refractivity contribution in [2.24, 2.45) is 0 Å². The Morgan fingerprint density at radius 3 is 1.78 bits per heavy atom. The molecular formula is C28H18F3N3O2. The first-order valence-electron chi connectivity index (χ1n) is 11.3. The zero-order valence-corrected chi connectivity index (χ0v) is 18.8. The first-order chi connectivity index (χ1) is 17.3. The Labute approximate surface area is 204 Å². The normalized spacial score (nSPS) is 14.9. The van der Waals surface area contributed by atoms with Crippen LogP contribution in [0, 0.1) is 0 Å². The summed E-state index contributed by atoms with van der Waals surface area (Å²) in [6.45, 7) is 0.713. The molecule has 0 N–H and O–H groups in total. The van der Waals surface area contributed by atoms with Crippen molar-refractivity contribution in [3.63, 3.8) is 0 Å². The standard InChI is InChI=1S/C28H18F3N3O2/c29-28(30,31)23-5-2-1-4-22(23)25-7-3-6-24(32-25)18-10-8-17(9-11-18)19-12-20(33-15-26(33)35)14-21(13-19)34-16-27(34)36/h1-14H,15-16H2. The summed E-state index contributed by atoms with van der Waals surface area (Å²) in [7, 11) is 0. The molecule has 2 aliphatic rings. The molecule has 0 atom stereocenters. The maximum absolute atomic E-state index is 13.5. The van der Waals surface area contributed by atoms with Crippen molar-refractivity contribution in [1.29, 1.82) is 0 Å². The monoisotopic (exact) mass is 485 g/mol.